The van der Waals surface area contributed by atoms with Crippen molar-refractivity contribution >= 4 is 17.6 Å². The summed E-state index contributed by atoms with van der Waals surface area (Å²) in [5, 5.41) is 0. The van der Waals surface area contributed by atoms with Crippen LogP contribution >= 0.6 is 0 Å². The van der Waals surface area contributed by atoms with Gasteiger partial charge < -0.3 is 4.79 Å². The van der Waals surface area contributed by atoms with E-state index in [-0.39, 0.29) is 11.8 Å². The molecule has 1 saturated heterocycles. The van der Waals surface area contributed by atoms with Crippen LogP contribution in [0.15, 0.2) is 0 Å². The predicted molar refractivity (Wildman–Crippen MR) is 106 cm³/mol. The third-order valence-electron chi connectivity index (χ3n) is 5.32. The van der Waals surface area contributed by atoms with Crippen molar-refractivity contribution in [1.29, 1.82) is 0 Å². The highest BCUT2D eigenvalue weighted by Crippen LogP contribution is 2.15. The Morgan fingerprint density at radius 2 is 1.00 bits per heavy atom. The molecule has 0 saturated carbocycles. The van der Waals surface area contributed by atoms with Gasteiger partial charge in [0, 0.05) is 25.8 Å². The number of hydrogen-bond donors (Lipinski definition) is 0. The van der Waals surface area contributed by atoms with Crippen LogP contribution in [0.5, 0.6) is 0 Å². The van der Waals surface area contributed by atoms with Gasteiger partial charge in [-0.3, -0.25) is 14.5 Å². The maximum Gasteiger partial charge on any atom is 0.229 e. The summed E-state index contributed by atoms with van der Waals surface area (Å²) in [5.41, 5.74) is 0. The number of carbonyl (C=O) groups excluding carboxylic acids is 3. The Morgan fingerprint density at radius 3 is 1.38 bits per heavy atom. The van der Waals surface area contributed by atoms with Crippen LogP contribution in [-0.4, -0.2) is 29.0 Å². The number of amides is 2. The predicted octanol–water partition coefficient (Wildman–Crippen LogP) is 5.58. The van der Waals surface area contributed by atoms with Crippen molar-refractivity contribution in [3.05, 3.63) is 0 Å². The summed E-state index contributed by atoms with van der Waals surface area (Å²) in [6.45, 7) is 2.31. The van der Waals surface area contributed by atoms with Crippen molar-refractivity contribution in [3.63, 3.8) is 0 Å². The molecule has 1 fully saturated rings. The van der Waals surface area contributed by atoms with Crippen LogP contribution in [0.2, 0.25) is 0 Å². The monoisotopic (exact) mass is 365 g/mol. The zero-order valence-corrected chi connectivity index (χ0v) is 16.9. The third-order valence-corrected chi connectivity index (χ3v) is 5.32. The maximum absolute atomic E-state index is 11.5. The van der Waals surface area contributed by atoms with Crippen LogP contribution in [0.4, 0.5) is 0 Å². The SMILES string of the molecule is CC(=O)CCCCCCCCCCCCCCCCN1C(=O)CCC1=O. The van der Waals surface area contributed by atoms with Gasteiger partial charge in [-0.15, -0.1) is 0 Å². The highest BCUT2D eigenvalue weighted by atomic mass is 16.2. The fourth-order valence-electron chi connectivity index (χ4n) is 3.64. The second kappa shape index (κ2) is 14.9. The summed E-state index contributed by atoms with van der Waals surface area (Å²) in [6.07, 6.45) is 19.1. The van der Waals surface area contributed by atoms with Gasteiger partial charge in [0.1, 0.15) is 5.78 Å². The Hall–Kier alpha value is -1.19. The third kappa shape index (κ3) is 11.4. The zero-order valence-electron chi connectivity index (χ0n) is 16.9. The van der Waals surface area contributed by atoms with Crippen molar-refractivity contribution in [1.82, 2.24) is 4.90 Å². The first-order valence-corrected chi connectivity index (χ1v) is 10.9. The minimum atomic E-state index is 0.0195. The molecule has 0 aromatic heterocycles. The molecule has 1 aliphatic rings. The molecule has 0 bridgehead atoms. The van der Waals surface area contributed by atoms with E-state index >= 15 is 0 Å². The van der Waals surface area contributed by atoms with E-state index in [2.05, 4.69) is 0 Å². The molecule has 0 aliphatic carbocycles. The largest absolute Gasteiger partial charge is 0.300 e. The molecule has 0 radical (unpaired) electrons. The van der Waals surface area contributed by atoms with Gasteiger partial charge in [0.2, 0.25) is 11.8 Å². The molecule has 2 amide bonds. The number of Topliss-reactive ketones (excluding diaryl/α,β-unsaturated/α-hetero) is 1. The van der Waals surface area contributed by atoms with Crippen molar-refractivity contribution in [3.8, 4) is 0 Å². The van der Waals surface area contributed by atoms with E-state index in [0.717, 1.165) is 25.7 Å². The molecular formula is C22H39NO3. The fraction of sp³-hybridized carbons (Fsp3) is 0.864. The minimum Gasteiger partial charge on any atom is -0.300 e. The van der Waals surface area contributed by atoms with Gasteiger partial charge >= 0.3 is 0 Å². The van der Waals surface area contributed by atoms with E-state index in [1.807, 2.05) is 0 Å². The smallest absolute Gasteiger partial charge is 0.229 e. The number of carbonyl (C=O) groups is 3. The normalized spacial score (nSPS) is 14.4. The van der Waals surface area contributed by atoms with Crippen LogP contribution in [0.1, 0.15) is 116 Å². The number of imide groups is 1. The molecule has 1 aliphatic heterocycles. The van der Waals surface area contributed by atoms with E-state index in [4.69, 9.17) is 0 Å². The number of likely N-dealkylation sites (tertiary alicyclic amines) is 1. The topological polar surface area (TPSA) is 54.5 Å². The van der Waals surface area contributed by atoms with Gasteiger partial charge in [0.05, 0.1) is 0 Å². The van der Waals surface area contributed by atoms with Crippen LogP contribution in [0.25, 0.3) is 0 Å². The molecule has 1 heterocycles. The maximum atomic E-state index is 11.5. The number of nitrogens with zero attached hydrogens (tertiary/aromatic N) is 1. The molecule has 0 spiro atoms. The fourth-order valence-corrected chi connectivity index (χ4v) is 3.64. The second-order valence-electron chi connectivity index (χ2n) is 7.84. The highest BCUT2D eigenvalue weighted by Gasteiger charge is 2.27. The Bertz CT molecular complexity index is 404. The number of ketones is 1. The molecule has 4 heteroatoms. The van der Waals surface area contributed by atoms with Gasteiger partial charge in [0.15, 0.2) is 0 Å². The Labute approximate surface area is 160 Å². The van der Waals surface area contributed by atoms with Crippen molar-refractivity contribution in [2.75, 3.05) is 6.54 Å². The summed E-state index contributed by atoms with van der Waals surface area (Å²) < 4.78 is 0. The average Bonchev–Trinajstić information content (AvgIpc) is 2.92. The Balaban J connectivity index is 1.74. The van der Waals surface area contributed by atoms with Crippen molar-refractivity contribution in [2.45, 2.75) is 116 Å². The van der Waals surface area contributed by atoms with Crippen molar-refractivity contribution in [2.24, 2.45) is 0 Å². The summed E-state index contributed by atoms with van der Waals surface area (Å²) in [6, 6.07) is 0. The van der Waals surface area contributed by atoms with E-state index in [1.54, 1.807) is 6.92 Å². The number of hydrogen-bond acceptors (Lipinski definition) is 3. The summed E-state index contributed by atoms with van der Waals surface area (Å²) in [7, 11) is 0. The molecule has 4 nitrogen and oxygen atoms in total. The van der Waals surface area contributed by atoms with Gasteiger partial charge in [-0.05, 0) is 19.8 Å². The van der Waals surface area contributed by atoms with Crippen molar-refractivity contribution < 1.29 is 14.4 Å². The van der Waals surface area contributed by atoms with Gasteiger partial charge in [0.25, 0.3) is 0 Å². The molecule has 0 unspecified atom stereocenters. The van der Waals surface area contributed by atoms with Gasteiger partial charge in [-0.1, -0.05) is 77.0 Å². The quantitative estimate of drug-likeness (QED) is 0.250. The molecule has 26 heavy (non-hydrogen) atoms. The number of unbranched alkanes of at least 4 members (excludes halogenated alkanes) is 13. The average molecular weight is 366 g/mol. The van der Waals surface area contributed by atoms with Crippen LogP contribution in [-0.2, 0) is 14.4 Å². The van der Waals surface area contributed by atoms with E-state index < -0.39 is 0 Å². The molecule has 0 aromatic carbocycles. The summed E-state index contributed by atoms with van der Waals surface area (Å²) >= 11 is 0. The lowest BCUT2D eigenvalue weighted by Crippen LogP contribution is -2.29. The first-order chi connectivity index (χ1) is 12.6. The molecule has 0 atom stereocenters. The lowest BCUT2D eigenvalue weighted by atomic mass is 10.0. The Morgan fingerprint density at radius 1 is 0.654 bits per heavy atom. The first kappa shape index (κ1) is 22.9. The van der Waals surface area contributed by atoms with E-state index in [1.165, 1.54) is 75.5 Å². The minimum absolute atomic E-state index is 0.0195. The summed E-state index contributed by atoms with van der Waals surface area (Å²) in [5.74, 6) is 0.360. The molecule has 0 N–H and O–H groups in total. The molecule has 150 valence electrons. The lowest BCUT2D eigenvalue weighted by molar-refractivity contribution is -0.138. The standard InChI is InChI=1S/C22H39NO3/c1-20(24)16-14-12-10-8-6-4-2-3-5-7-9-11-13-15-19-23-21(25)17-18-22(23)26/h2-19H2,1H3. The van der Waals surface area contributed by atoms with E-state index in [9.17, 15) is 14.4 Å². The second-order valence-corrected chi connectivity index (χ2v) is 7.84. The molecule has 0 aromatic rings. The molecular weight excluding hydrogens is 326 g/mol. The van der Waals surface area contributed by atoms with Crippen LogP contribution < -0.4 is 0 Å². The van der Waals surface area contributed by atoms with Gasteiger partial charge in [-0.2, -0.15) is 0 Å². The Kier molecular flexibility index (Phi) is 13.1. The summed E-state index contributed by atoms with van der Waals surface area (Å²) in [4.78, 5) is 35.2. The zero-order chi connectivity index (χ0) is 19.0. The van der Waals surface area contributed by atoms with E-state index in [0.29, 0.717) is 25.2 Å². The van der Waals surface area contributed by atoms with Crippen LogP contribution in [0, 0.1) is 0 Å². The van der Waals surface area contributed by atoms with Gasteiger partial charge in [-0.25, -0.2) is 0 Å². The lowest BCUT2D eigenvalue weighted by Gasteiger charge is -2.13. The highest BCUT2D eigenvalue weighted by molar-refractivity contribution is 6.01. The first-order valence-electron chi connectivity index (χ1n) is 10.9. The molecule has 1 rings (SSSR count). The number of rotatable bonds is 17. The van der Waals surface area contributed by atoms with Crippen LogP contribution in [0.3, 0.4) is 0 Å².